The van der Waals surface area contributed by atoms with E-state index >= 15 is 0 Å². The quantitative estimate of drug-likeness (QED) is 0.191. The normalized spacial score (nSPS) is 11.3. The summed E-state index contributed by atoms with van der Waals surface area (Å²) in [5.41, 5.74) is 2.53. The van der Waals surface area contributed by atoms with E-state index < -0.39 is 32.3 Å². The molecule has 0 saturated carbocycles. The smallest absolute Gasteiger partial charge is 0.319 e. The minimum atomic E-state index is -3.64. The zero-order valence-corrected chi connectivity index (χ0v) is 24.9. The Kier molecular flexibility index (Phi) is 11.6. The number of carbonyl (C=O) groups excluding carboxylic acids is 2. The summed E-state index contributed by atoms with van der Waals surface area (Å²) in [6.45, 7) is 3.94. The number of hydrogen-bond acceptors (Lipinski definition) is 8. The molecule has 3 aromatic carbocycles. The Morgan fingerprint density at radius 1 is 0.619 bits per heavy atom. The van der Waals surface area contributed by atoms with Crippen molar-refractivity contribution in [1.29, 1.82) is 0 Å². The lowest BCUT2D eigenvalue weighted by Crippen LogP contribution is -2.29. The first-order valence-corrected chi connectivity index (χ1v) is 16.3. The largest absolute Gasteiger partial charge is 0.382 e. The average Bonchev–Trinajstić information content (AvgIpc) is 2.93. The van der Waals surface area contributed by atoms with Gasteiger partial charge in [0.2, 0.25) is 0 Å². The Balaban J connectivity index is 1.43. The number of urea groups is 2. The van der Waals surface area contributed by atoms with Gasteiger partial charge in [-0.05, 0) is 72.5 Å². The molecule has 0 bridgehead atoms. The Hall–Kier alpha value is -4.30. The molecule has 0 aromatic heterocycles. The first-order chi connectivity index (χ1) is 20.0. The number of carbonyl (C=O) groups is 2. The van der Waals surface area contributed by atoms with E-state index in [4.69, 9.17) is 8.37 Å². The van der Waals surface area contributed by atoms with Crippen molar-refractivity contribution in [3.8, 4) is 11.5 Å². The standard InChI is InChI=1S/C28H34N4O8S2/c1-3-16-41(35,36)39-25-12-8-23(9-13-25)31-27(33)29-19-21-6-5-7-22(18-21)20-30-28(34)32-24-10-14-26(15-11-24)40-42(37,38)17-4-2/h5-15,18H,3-4,16-17,19-20H2,1-2H3,(H2,29,31,33)(H2,30,32,34). The molecule has 0 spiro atoms. The van der Waals surface area contributed by atoms with Crippen molar-refractivity contribution in [3.63, 3.8) is 0 Å². The molecule has 3 aromatic rings. The van der Waals surface area contributed by atoms with Gasteiger partial charge in [-0.2, -0.15) is 16.8 Å². The van der Waals surface area contributed by atoms with E-state index in [0.717, 1.165) is 11.1 Å². The molecule has 4 N–H and O–H groups in total. The maximum atomic E-state index is 12.3. The zero-order chi connectivity index (χ0) is 30.6. The molecule has 0 aliphatic heterocycles. The predicted octanol–water partition coefficient (Wildman–Crippen LogP) is 4.57. The van der Waals surface area contributed by atoms with Crippen LogP contribution in [-0.4, -0.2) is 40.4 Å². The van der Waals surface area contributed by atoms with Gasteiger partial charge >= 0.3 is 32.3 Å². The van der Waals surface area contributed by atoms with Crippen LogP contribution in [0.2, 0.25) is 0 Å². The first kappa shape index (κ1) is 32.2. The molecule has 0 heterocycles. The van der Waals surface area contributed by atoms with E-state index in [1.54, 1.807) is 19.9 Å². The van der Waals surface area contributed by atoms with Crippen molar-refractivity contribution in [2.75, 3.05) is 22.1 Å². The Morgan fingerprint density at radius 3 is 1.36 bits per heavy atom. The summed E-state index contributed by atoms with van der Waals surface area (Å²) in [7, 11) is -7.28. The molecule has 3 rings (SSSR count). The number of nitrogens with one attached hydrogen (secondary N) is 4. The number of amides is 4. The highest BCUT2D eigenvalue weighted by molar-refractivity contribution is 7.87. The summed E-state index contributed by atoms with van der Waals surface area (Å²) in [5, 5.41) is 10.8. The van der Waals surface area contributed by atoms with E-state index in [0.29, 0.717) is 24.2 Å². The molecule has 0 atom stereocenters. The molecule has 12 nitrogen and oxygen atoms in total. The van der Waals surface area contributed by atoms with Gasteiger partial charge in [-0.3, -0.25) is 0 Å². The lowest BCUT2D eigenvalue weighted by atomic mass is 10.1. The van der Waals surface area contributed by atoms with E-state index in [1.807, 2.05) is 18.2 Å². The van der Waals surface area contributed by atoms with Crippen molar-refractivity contribution in [2.45, 2.75) is 39.8 Å². The van der Waals surface area contributed by atoms with E-state index in [-0.39, 0.29) is 36.1 Å². The van der Waals surface area contributed by atoms with Gasteiger partial charge in [-0.15, -0.1) is 0 Å². The van der Waals surface area contributed by atoms with Gasteiger partial charge in [0.1, 0.15) is 11.5 Å². The Labute approximate surface area is 246 Å². The van der Waals surface area contributed by atoms with Crippen LogP contribution in [0.5, 0.6) is 11.5 Å². The summed E-state index contributed by atoms with van der Waals surface area (Å²) < 4.78 is 57.1. The minimum Gasteiger partial charge on any atom is -0.382 e. The van der Waals surface area contributed by atoms with Gasteiger partial charge in [0.15, 0.2) is 0 Å². The second kappa shape index (κ2) is 15.1. The third-order valence-corrected chi connectivity index (χ3v) is 8.19. The van der Waals surface area contributed by atoms with Gasteiger partial charge in [0.25, 0.3) is 0 Å². The summed E-state index contributed by atoms with van der Waals surface area (Å²) in [6.07, 6.45) is 0.889. The second-order valence-corrected chi connectivity index (χ2v) is 12.6. The Morgan fingerprint density at radius 2 is 1.00 bits per heavy atom. The summed E-state index contributed by atoms with van der Waals surface area (Å²) >= 11 is 0. The number of hydrogen-bond donors (Lipinski definition) is 4. The Bertz CT molecular complexity index is 1450. The number of benzene rings is 3. The topological polar surface area (TPSA) is 169 Å². The summed E-state index contributed by atoms with van der Waals surface area (Å²) in [4.78, 5) is 24.6. The molecule has 226 valence electrons. The van der Waals surface area contributed by atoms with Crippen LogP contribution in [-0.2, 0) is 33.3 Å². The SMILES string of the molecule is CCCS(=O)(=O)Oc1ccc(NC(=O)NCc2cccc(CNC(=O)Nc3ccc(OS(=O)(=O)CCC)cc3)c2)cc1. The average molecular weight is 619 g/mol. The highest BCUT2D eigenvalue weighted by Crippen LogP contribution is 2.19. The van der Waals surface area contributed by atoms with Crippen LogP contribution in [0.25, 0.3) is 0 Å². The molecule has 4 amide bonds. The van der Waals surface area contributed by atoms with Crippen LogP contribution in [0.3, 0.4) is 0 Å². The molecule has 0 aliphatic carbocycles. The summed E-state index contributed by atoms with van der Waals surface area (Å²) in [6, 6.07) is 18.4. The lowest BCUT2D eigenvalue weighted by molar-refractivity contribution is 0.251. The van der Waals surface area contributed by atoms with E-state index in [9.17, 15) is 26.4 Å². The number of anilines is 2. The minimum absolute atomic E-state index is 0.0823. The van der Waals surface area contributed by atoms with Crippen LogP contribution < -0.4 is 29.6 Å². The molecular weight excluding hydrogens is 584 g/mol. The highest BCUT2D eigenvalue weighted by Gasteiger charge is 2.13. The van der Waals surface area contributed by atoms with Crippen LogP contribution in [0.1, 0.15) is 37.8 Å². The maximum Gasteiger partial charge on any atom is 0.319 e. The molecule has 0 unspecified atom stereocenters. The molecule has 42 heavy (non-hydrogen) atoms. The van der Waals surface area contributed by atoms with Crippen LogP contribution in [0.15, 0.2) is 72.8 Å². The fourth-order valence-corrected chi connectivity index (χ4v) is 5.60. The van der Waals surface area contributed by atoms with Crippen molar-refractivity contribution >= 4 is 43.7 Å². The van der Waals surface area contributed by atoms with Crippen LogP contribution in [0, 0.1) is 0 Å². The van der Waals surface area contributed by atoms with Gasteiger partial charge in [-0.1, -0.05) is 38.1 Å². The molecule has 0 radical (unpaired) electrons. The van der Waals surface area contributed by atoms with Crippen molar-refractivity contribution < 1.29 is 34.8 Å². The summed E-state index contributed by atoms with van der Waals surface area (Å²) in [5.74, 6) is 0.162. The fraction of sp³-hybridized carbons (Fsp3) is 0.286. The molecule has 0 fully saturated rings. The van der Waals surface area contributed by atoms with Gasteiger partial charge in [0, 0.05) is 24.5 Å². The van der Waals surface area contributed by atoms with Crippen LogP contribution in [0.4, 0.5) is 21.0 Å². The maximum absolute atomic E-state index is 12.3. The van der Waals surface area contributed by atoms with Crippen molar-refractivity contribution in [2.24, 2.45) is 0 Å². The molecular formula is C28H34N4O8S2. The molecule has 0 aliphatic rings. The van der Waals surface area contributed by atoms with Crippen LogP contribution >= 0.6 is 0 Å². The van der Waals surface area contributed by atoms with E-state index in [1.165, 1.54) is 48.5 Å². The van der Waals surface area contributed by atoms with Crippen molar-refractivity contribution in [3.05, 3.63) is 83.9 Å². The predicted molar refractivity (Wildman–Crippen MR) is 160 cm³/mol. The third kappa shape index (κ3) is 11.3. The lowest BCUT2D eigenvalue weighted by Gasteiger charge is -2.11. The fourth-order valence-electron chi connectivity index (χ4n) is 3.63. The van der Waals surface area contributed by atoms with E-state index in [2.05, 4.69) is 21.3 Å². The van der Waals surface area contributed by atoms with Crippen molar-refractivity contribution in [1.82, 2.24) is 10.6 Å². The first-order valence-electron chi connectivity index (χ1n) is 13.2. The zero-order valence-electron chi connectivity index (χ0n) is 23.3. The van der Waals surface area contributed by atoms with Gasteiger partial charge in [-0.25, -0.2) is 9.59 Å². The number of rotatable bonds is 14. The molecule has 14 heteroatoms. The third-order valence-electron chi connectivity index (χ3n) is 5.48. The highest BCUT2D eigenvalue weighted by atomic mass is 32.2. The second-order valence-electron chi connectivity index (χ2n) is 9.17. The van der Waals surface area contributed by atoms with Gasteiger partial charge < -0.3 is 29.6 Å². The van der Waals surface area contributed by atoms with Gasteiger partial charge in [0.05, 0.1) is 11.5 Å². The molecule has 0 saturated heterocycles. The monoisotopic (exact) mass is 618 g/mol.